The Morgan fingerprint density at radius 3 is 2.08 bits per heavy atom. The topological polar surface area (TPSA) is 37.3 Å². The standard InChI is InChI=1S/C7H8S.C3H6O2/c8-6-7-4-2-1-3-5-7;1-2-3(4)5/h1-5,8H,6H2;2H2,1H3,(H,4,5). The van der Waals surface area contributed by atoms with E-state index in [-0.39, 0.29) is 6.42 Å². The van der Waals surface area contributed by atoms with Gasteiger partial charge >= 0.3 is 5.97 Å². The molecule has 2 nitrogen and oxygen atoms in total. The number of benzene rings is 1. The Kier molecular flexibility index (Phi) is 7.11. The zero-order valence-electron chi connectivity index (χ0n) is 7.60. The van der Waals surface area contributed by atoms with Crippen molar-refractivity contribution in [3.63, 3.8) is 0 Å². The average Bonchev–Trinajstić information content (AvgIpc) is 2.20. The number of hydrogen-bond acceptors (Lipinski definition) is 2. The van der Waals surface area contributed by atoms with E-state index >= 15 is 0 Å². The van der Waals surface area contributed by atoms with Gasteiger partial charge in [0.2, 0.25) is 0 Å². The molecule has 72 valence electrons. The molecule has 0 radical (unpaired) electrons. The maximum absolute atomic E-state index is 9.37. The highest BCUT2D eigenvalue weighted by atomic mass is 32.1. The molecule has 0 saturated carbocycles. The van der Waals surface area contributed by atoms with Crippen molar-refractivity contribution in [2.75, 3.05) is 0 Å². The second-order valence-corrected chi connectivity index (χ2v) is 2.71. The largest absolute Gasteiger partial charge is 0.481 e. The highest BCUT2D eigenvalue weighted by molar-refractivity contribution is 7.79. The molecule has 1 aromatic rings. The molecule has 0 aliphatic carbocycles. The van der Waals surface area contributed by atoms with Crippen LogP contribution in [0.3, 0.4) is 0 Å². The van der Waals surface area contributed by atoms with Crippen molar-refractivity contribution in [1.82, 2.24) is 0 Å². The van der Waals surface area contributed by atoms with Crippen LogP contribution in [-0.2, 0) is 10.5 Å². The van der Waals surface area contributed by atoms with Crippen molar-refractivity contribution in [3.05, 3.63) is 35.9 Å². The lowest BCUT2D eigenvalue weighted by molar-refractivity contribution is -0.136. The number of carboxylic acid groups (broad SMARTS) is 1. The van der Waals surface area contributed by atoms with Gasteiger partial charge in [-0.25, -0.2) is 0 Å². The summed E-state index contributed by atoms with van der Waals surface area (Å²) in [4.78, 5) is 9.37. The second kappa shape index (κ2) is 7.68. The Balaban J connectivity index is 0.000000252. The Morgan fingerprint density at radius 2 is 1.85 bits per heavy atom. The number of rotatable bonds is 2. The summed E-state index contributed by atoms with van der Waals surface area (Å²) in [7, 11) is 0. The van der Waals surface area contributed by atoms with Gasteiger partial charge in [0.25, 0.3) is 0 Å². The maximum atomic E-state index is 9.37. The Morgan fingerprint density at radius 1 is 1.38 bits per heavy atom. The number of hydrogen-bond donors (Lipinski definition) is 2. The molecule has 1 rings (SSSR count). The quantitative estimate of drug-likeness (QED) is 0.717. The van der Waals surface area contributed by atoms with E-state index in [1.807, 2.05) is 18.2 Å². The van der Waals surface area contributed by atoms with Crippen LogP contribution in [0.25, 0.3) is 0 Å². The van der Waals surface area contributed by atoms with Crippen LogP contribution in [0.4, 0.5) is 0 Å². The van der Waals surface area contributed by atoms with E-state index in [0.29, 0.717) is 0 Å². The highest BCUT2D eigenvalue weighted by Crippen LogP contribution is 2.00. The molecule has 1 N–H and O–H groups in total. The number of carboxylic acids is 1. The Hall–Kier alpha value is -0.960. The van der Waals surface area contributed by atoms with E-state index in [2.05, 4.69) is 24.8 Å². The molecule has 1 aromatic carbocycles. The predicted molar refractivity (Wildman–Crippen MR) is 57.1 cm³/mol. The summed E-state index contributed by atoms with van der Waals surface area (Å²) < 4.78 is 0. The van der Waals surface area contributed by atoms with Crippen LogP contribution >= 0.6 is 12.6 Å². The summed E-state index contributed by atoms with van der Waals surface area (Å²) in [5, 5.41) is 7.72. The predicted octanol–water partition coefficient (Wildman–Crippen LogP) is 2.60. The molecule has 0 aliphatic heterocycles. The van der Waals surface area contributed by atoms with Crippen molar-refractivity contribution in [2.45, 2.75) is 19.1 Å². The lowest BCUT2D eigenvalue weighted by atomic mass is 10.2. The highest BCUT2D eigenvalue weighted by Gasteiger charge is 1.81. The van der Waals surface area contributed by atoms with E-state index in [1.165, 1.54) is 5.56 Å². The molecule has 0 aromatic heterocycles. The number of aliphatic carboxylic acids is 1. The summed E-state index contributed by atoms with van der Waals surface area (Å²) in [5.74, 6) is 0.0888. The Labute approximate surface area is 84.0 Å². The summed E-state index contributed by atoms with van der Waals surface area (Å²) in [5.41, 5.74) is 1.27. The van der Waals surface area contributed by atoms with Gasteiger partial charge in [0, 0.05) is 12.2 Å². The average molecular weight is 198 g/mol. The van der Waals surface area contributed by atoms with Gasteiger partial charge in [-0.1, -0.05) is 37.3 Å². The molecule has 0 spiro atoms. The van der Waals surface area contributed by atoms with Crippen LogP contribution in [0.5, 0.6) is 0 Å². The molecule has 0 aliphatic rings. The SMILES string of the molecule is CCC(=O)O.SCc1ccccc1. The Bertz CT molecular complexity index is 234. The third kappa shape index (κ3) is 7.40. The van der Waals surface area contributed by atoms with Crippen molar-refractivity contribution in [2.24, 2.45) is 0 Å². The zero-order chi connectivity index (χ0) is 10.1. The van der Waals surface area contributed by atoms with Crippen LogP contribution in [-0.4, -0.2) is 11.1 Å². The van der Waals surface area contributed by atoms with Gasteiger partial charge in [-0.2, -0.15) is 12.6 Å². The lowest BCUT2D eigenvalue weighted by Crippen LogP contribution is -1.86. The van der Waals surface area contributed by atoms with E-state index in [1.54, 1.807) is 6.92 Å². The van der Waals surface area contributed by atoms with Crippen LogP contribution in [0, 0.1) is 0 Å². The molecule has 0 amide bonds. The van der Waals surface area contributed by atoms with Gasteiger partial charge in [0.05, 0.1) is 0 Å². The molecule has 0 saturated heterocycles. The van der Waals surface area contributed by atoms with E-state index in [0.717, 1.165) is 5.75 Å². The first-order chi connectivity index (χ1) is 6.20. The van der Waals surface area contributed by atoms with Crippen LogP contribution < -0.4 is 0 Å². The molecule has 0 bridgehead atoms. The minimum Gasteiger partial charge on any atom is -0.481 e. The van der Waals surface area contributed by atoms with E-state index < -0.39 is 5.97 Å². The molecule has 0 fully saturated rings. The molecule has 13 heavy (non-hydrogen) atoms. The molecule has 0 atom stereocenters. The van der Waals surface area contributed by atoms with Crippen molar-refractivity contribution >= 4 is 18.6 Å². The smallest absolute Gasteiger partial charge is 0.303 e. The van der Waals surface area contributed by atoms with Gasteiger partial charge in [-0.05, 0) is 5.56 Å². The lowest BCUT2D eigenvalue weighted by Gasteiger charge is -1.89. The van der Waals surface area contributed by atoms with Crippen molar-refractivity contribution in [3.8, 4) is 0 Å². The summed E-state index contributed by atoms with van der Waals surface area (Å²) >= 11 is 4.11. The second-order valence-electron chi connectivity index (χ2n) is 2.39. The minimum absolute atomic E-state index is 0.222. The molecular formula is C10H14O2S. The first kappa shape index (κ1) is 12.0. The third-order valence-corrected chi connectivity index (χ3v) is 1.69. The number of thiol groups is 1. The van der Waals surface area contributed by atoms with Gasteiger partial charge in [-0.15, -0.1) is 0 Å². The minimum atomic E-state index is -0.745. The normalized spacial score (nSPS) is 8.46. The first-order valence-electron chi connectivity index (χ1n) is 4.07. The molecule has 3 heteroatoms. The fraction of sp³-hybridized carbons (Fsp3) is 0.300. The molecular weight excluding hydrogens is 184 g/mol. The maximum Gasteiger partial charge on any atom is 0.303 e. The summed E-state index contributed by atoms with van der Waals surface area (Å²) in [6.45, 7) is 1.60. The zero-order valence-corrected chi connectivity index (χ0v) is 8.50. The summed E-state index contributed by atoms with van der Waals surface area (Å²) in [6, 6.07) is 10.2. The van der Waals surface area contributed by atoms with Crippen LogP contribution in [0.2, 0.25) is 0 Å². The van der Waals surface area contributed by atoms with Crippen molar-refractivity contribution < 1.29 is 9.90 Å². The molecule has 0 unspecified atom stereocenters. The first-order valence-corrected chi connectivity index (χ1v) is 4.70. The third-order valence-electron chi connectivity index (χ3n) is 1.33. The van der Waals surface area contributed by atoms with Gasteiger partial charge < -0.3 is 5.11 Å². The van der Waals surface area contributed by atoms with Gasteiger partial charge in [-0.3, -0.25) is 4.79 Å². The van der Waals surface area contributed by atoms with Crippen molar-refractivity contribution in [1.29, 1.82) is 0 Å². The number of carbonyl (C=O) groups is 1. The monoisotopic (exact) mass is 198 g/mol. The van der Waals surface area contributed by atoms with Crippen LogP contribution in [0.1, 0.15) is 18.9 Å². The fourth-order valence-corrected chi connectivity index (χ4v) is 0.794. The van der Waals surface area contributed by atoms with Crippen LogP contribution in [0.15, 0.2) is 30.3 Å². The van der Waals surface area contributed by atoms with Gasteiger partial charge in [0.1, 0.15) is 0 Å². The van der Waals surface area contributed by atoms with E-state index in [4.69, 9.17) is 5.11 Å². The fourth-order valence-electron chi connectivity index (χ4n) is 0.583. The molecule has 0 heterocycles. The van der Waals surface area contributed by atoms with E-state index in [9.17, 15) is 4.79 Å². The summed E-state index contributed by atoms with van der Waals surface area (Å²) in [6.07, 6.45) is 0.222. The van der Waals surface area contributed by atoms with Gasteiger partial charge in [0.15, 0.2) is 0 Å².